The molecule has 0 aromatic rings. The number of aliphatic imine (C=N–C) groups is 1. The number of likely N-dealkylation sites (N-methyl/N-ethyl adjacent to an activating group) is 1. The molecule has 5 aliphatic rings. The van der Waals surface area contributed by atoms with Crippen molar-refractivity contribution in [1.29, 1.82) is 0 Å². The fourth-order valence-electron chi connectivity index (χ4n) is 4.73. The zero-order valence-electron chi connectivity index (χ0n) is 10.2. The molecule has 4 saturated carbocycles. The third kappa shape index (κ3) is 1.30. The van der Waals surface area contributed by atoms with Gasteiger partial charge in [-0.05, 0) is 49.4 Å². The number of rotatable bonds is 1. The van der Waals surface area contributed by atoms with E-state index in [0.29, 0.717) is 12.6 Å². The summed E-state index contributed by atoms with van der Waals surface area (Å²) < 4.78 is 0. The van der Waals surface area contributed by atoms with Gasteiger partial charge in [0.05, 0.1) is 0 Å². The minimum absolute atomic E-state index is 0.111. The second-order valence-electron chi connectivity index (χ2n) is 6.26. The summed E-state index contributed by atoms with van der Waals surface area (Å²) in [6, 6.07) is 0.589. The molecule has 0 spiro atoms. The van der Waals surface area contributed by atoms with E-state index in [1.54, 1.807) is 4.90 Å². The Hall–Kier alpha value is -1.06. The lowest BCUT2D eigenvalue weighted by molar-refractivity contribution is -0.124. The predicted molar refractivity (Wildman–Crippen MR) is 64.4 cm³/mol. The van der Waals surface area contributed by atoms with E-state index in [2.05, 4.69) is 10.3 Å². The van der Waals surface area contributed by atoms with E-state index >= 15 is 0 Å². The third-order valence-corrected chi connectivity index (χ3v) is 5.41. The maximum atomic E-state index is 11.4. The van der Waals surface area contributed by atoms with E-state index in [-0.39, 0.29) is 5.91 Å². The summed E-state index contributed by atoms with van der Waals surface area (Å²) in [6.07, 6.45) is 5.67. The van der Waals surface area contributed by atoms with Gasteiger partial charge in [-0.2, -0.15) is 0 Å². The van der Waals surface area contributed by atoms with E-state index in [1.165, 1.54) is 25.7 Å². The third-order valence-electron chi connectivity index (χ3n) is 5.41. The molecule has 0 saturated heterocycles. The number of amides is 1. The molecule has 17 heavy (non-hydrogen) atoms. The number of carbonyl (C=O) groups is 1. The van der Waals surface area contributed by atoms with Gasteiger partial charge in [-0.15, -0.1) is 0 Å². The van der Waals surface area contributed by atoms with Crippen LogP contribution in [0.4, 0.5) is 0 Å². The van der Waals surface area contributed by atoms with E-state index in [9.17, 15) is 4.79 Å². The minimum Gasteiger partial charge on any atom is -0.353 e. The monoisotopic (exact) mass is 233 g/mol. The van der Waals surface area contributed by atoms with Gasteiger partial charge >= 0.3 is 0 Å². The van der Waals surface area contributed by atoms with Crippen molar-refractivity contribution in [3.63, 3.8) is 0 Å². The van der Waals surface area contributed by atoms with Gasteiger partial charge in [-0.3, -0.25) is 9.69 Å². The number of guanidine groups is 1. The number of nitrogens with zero attached hydrogens (tertiary/aromatic N) is 2. The Labute approximate surface area is 101 Å². The maximum absolute atomic E-state index is 11.4. The first kappa shape index (κ1) is 9.92. The van der Waals surface area contributed by atoms with Gasteiger partial charge in [0.1, 0.15) is 6.54 Å². The van der Waals surface area contributed by atoms with Gasteiger partial charge in [0.15, 0.2) is 0 Å². The molecule has 4 aliphatic carbocycles. The minimum atomic E-state index is 0.111. The lowest BCUT2D eigenvalue weighted by Gasteiger charge is -2.34. The van der Waals surface area contributed by atoms with Crippen LogP contribution in [0.25, 0.3) is 0 Å². The Bertz CT molecular complexity index is 401. The van der Waals surface area contributed by atoms with Gasteiger partial charge < -0.3 is 5.32 Å². The van der Waals surface area contributed by atoms with Crippen LogP contribution in [0, 0.1) is 23.7 Å². The molecule has 5 rings (SSSR count). The molecular weight excluding hydrogens is 214 g/mol. The van der Waals surface area contributed by atoms with Crippen LogP contribution >= 0.6 is 0 Å². The molecule has 4 fully saturated rings. The molecule has 5 unspecified atom stereocenters. The van der Waals surface area contributed by atoms with E-state index < -0.39 is 0 Å². The average molecular weight is 233 g/mol. The molecule has 4 nitrogen and oxygen atoms in total. The van der Waals surface area contributed by atoms with E-state index in [1.807, 2.05) is 7.05 Å². The molecule has 1 amide bonds. The van der Waals surface area contributed by atoms with Crippen molar-refractivity contribution in [2.75, 3.05) is 13.6 Å². The van der Waals surface area contributed by atoms with Crippen molar-refractivity contribution in [1.82, 2.24) is 10.2 Å². The highest BCUT2D eigenvalue weighted by Gasteiger charge is 2.54. The molecule has 5 atom stereocenters. The highest BCUT2D eigenvalue weighted by molar-refractivity contribution is 6.02. The molecule has 1 N–H and O–H groups in total. The van der Waals surface area contributed by atoms with Crippen molar-refractivity contribution < 1.29 is 4.79 Å². The Balaban J connectivity index is 1.52. The molecule has 4 heteroatoms. The Morgan fingerprint density at radius 2 is 2.06 bits per heavy atom. The van der Waals surface area contributed by atoms with Crippen LogP contribution in [-0.2, 0) is 4.79 Å². The molecule has 0 aromatic heterocycles. The summed E-state index contributed by atoms with van der Waals surface area (Å²) in [6.45, 7) is 0.326. The second kappa shape index (κ2) is 3.24. The highest BCUT2D eigenvalue weighted by atomic mass is 16.2. The first-order valence-electron chi connectivity index (χ1n) is 6.80. The Morgan fingerprint density at radius 3 is 2.76 bits per heavy atom. The van der Waals surface area contributed by atoms with Crippen LogP contribution in [-0.4, -0.2) is 36.4 Å². The fraction of sp³-hybridized carbons (Fsp3) is 0.846. The first-order chi connectivity index (χ1) is 8.22. The summed E-state index contributed by atoms with van der Waals surface area (Å²) >= 11 is 0. The number of nitrogens with one attached hydrogen (secondary N) is 1. The van der Waals surface area contributed by atoms with Gasteiger partial charge in [0.25, 0.3) is 5.91 Å². The molecule has 4 bridgehead atoms. The van der Waals surface area contributed by atoms with E-state index in [4.69, 9.17) is 0 Å². The van der Waals surface area contributed by atoms with Crippen molar-refractivity contribution in [3.8, 4) is 0 Å². The van der Waals surface area contributed by atoms with Gasteiger partial charge in [-0.25, -0.2) is 4.99 Å². The lowest BCUT2D eigenvalue weighted by Crippen LogP contribution is -2.48. The Kier molecular flexibility index (Phi) is 1.89. The van der Waals surface area contributed by atoms with Crippen LogP contribution < -0.4 is 5.32 Å². The van der Waals surface area contributed by atoms with E-state index in [0.717, 1.165) is 29.6 Å². The van der Waals surface area contributed by atoms with Crippen molar-refractivity contribution in [2.45, 2.75) is 31.7 Å². The van der Waals surface area contributed by atoms with Crippen molar-refractivity contribution in [3.05, 3.63) is 0 Å². The molecule has 1 heterocycles. The second-order valence-corrected chi connectivity index (χ2v) is 6.26. The number of hydrogen-bond acceptors (Lipinski definition) is 3. The molecule has 1 aliphatic heterocycles. The summed E-state index contributed by atoms with van der Waals surface area (Å²) in [5, 5.41) is 3.57. The maximum Gasteiger partial charge on any atom is 0.250 e. The summed E-state index contributed by atoms with van der Waals surface area (Å²) in [5.74, 6) is 4.58. The highest BCUT2D eigenvalue weighted by Crippen LogP contribution is 2.58. The van der Waals surface area contributed by atoms with Crippen LogP contribution in [0.5, 0.6) is 0 Å². The predicted octanol–water partition coefficient (Wildman–Crippen LogP) is 0.839. The summed E-state index contributed by atoms with van der Waals surface area (Å²) in [7, 11) is 1.83. The quantitative estimate of drug-likeness (QED) is 0.729. The number of hydrogen-bond donors (Lipinski definition) is 1. The van der Waals surface area contributed by atoms with Crippen molar-refractivity contribution >= 4 is 11.9 Å². The fourth-order valence-corrected chi connectivity index (χ4v) is 4.73. The topological polar surface area (TPSA) is 44.7 Å². The van der Waals surface area contributed by atoms with Crippen LogP contribution in [0.2, 0.25) is 0 Å². The molecule has 0 aromatic carbocycles. The SMILES string of the molecule is CN1C(=O)CN=C1NC1C2CC3CC(C2)C1C3. The summed E-state index contributed by atoms with van der Waals surface area (Å²) in [5.41, 5.74) is 0. The van der Waals surface area contributed by atoms with Crippen LogP contribution in [0.15, 0.2) is 4.99 Å². The average Bonchev–Trinajstić information content (AvgIpc) is 2.85. The summed E-state index contributed by atoms with van der Waals surface area (Å²) in [4.78, 5) is 17.4. The zero-order chi connectivity index (χ0) is 11.6. The normalized spacial score (nSPS) is 46.9. The Morgan fingerprint density at radius 1 is 1.24 bits per heavy atom. The van der Waals surface area contributed by atoms with Crippen molar-refractivity contribution in [2.24, 2.45) is 28.7 Å². The largest absolute Gasteiger partial charge is 0.353 e. The van der Waals surface area contributed by atoms with Crippen LogP contribution in [0.3, 0.4) is 0 Å². The molecule has 92 valence electrons. The standard InChI is InChI=1S/C13H19N3O/c1-16-11(17)6-14-13(16)15-12-9-3-7-2-8(5-9)10(12)4-7/h7-10,12H,2-6H2,1H3,(H,14,15). The van der Waals surface area contributed by atoms with Gasteiger partial charge in [-0.1, -0.05) is 0 Å². The molecule has 0 radical (unpaired) electrons. The van der Waals surface area contributed by atoms with Gasteiger partial charge in [0.2, 0.25) is 5.96 Å². The smallest absolute Gasteiger partial charge is 0.250 e. The zero-order valence-corrected chi connectivity index (χ0v) is 10.2. The number of carbonyl (C=O) groups excluding carboxylic acids is 1. The van der Waals surface area contributed by atoms with Gasteiger partial charge in [0, 0.05) is 13.1 Å². The van der Waals surface area contributed by atoms with Crippen LogP contribution in [0.1, 0.15) is 25.7 Å². The first-order valence-corrected chi connectivity index (χ1v) is 6.80. The molecular formula is C13H19N3O. The lowest BCUT2D eigenvalue weighted by atomic mass is 9.79.